The van der Waals surface area contributed by atoms with Gasteiger partial charge in [0.25, 0.3) is 5.56 Å². The summed E-state index contributed by atoms with van der Waals surface area (Å²) in [6.07, 6.45) is 2.29. The molecule has 120 valence electrons. The van der Waals surface area contributed by atoms with Crippen LogP contribution in [0.2, 0.25) is 0 Å². The highest BCUT2D eigenvalue weighted by molar-refractivity contribution is 7.20. The van der Waals surface area contributed by atoms with Crippen LogP contribution in [0.25, 0.3) is 15.5 Å². The van der Waals surface area contributed by atoms with Crippen LogP contribution in [-0.2, 0) is 6.42 Å². The molecule has 0 atom stereocenters. The summed E-state index contributed by atoms with van der Waals surface area (Å²) in [5.74, 6) is 0. The predicted octanol–water partition coefficient (Wildman–Crippen LogP) is 2.93. The van der Waals surface area contributed by atoms with Crippen molar-refractivity contribution in [2.24, 2.45) is 0 Å². The number of hydrogen-bond acceptors (Lipinski definition) is 7. The van der Waals surface area contributed by atoms with Gasteiger partial charge in [-0.2, -0.15) is 4.52 Å². The highest BCUT2D eigenvalue weighted by Gasteiger charge is 2.07. The number of aromatic nitrogens is 4. The van der Waals surface area contributed by atoms with E-state index >= 15 is 0 Å². The first-order valence-corrected chi connectivity index (χ1v) is 9.08. The quantitative estimate of drug-likeness (QED) is 0.596. The first-order chi connectivity index (χ1) is 11.8. The van der Waals surface area contributed by atoms with Crippen LogP contribution in [0.3, 0.4) is 0 Å². The van der Waals surface area contributed by atoms with E-state index in [4.69, 9.17) is 0 Å². The molecule has 0 saturated heterocycles. The molecule has 0 saturated carbocycles. The van der Waals surface area contributed by atoms with Crippen LogP contribution in [0.4, 0.5) is 5.13 Å². The van der Waals surface area contributed by atoms with E-state index in [1.165, 1.54) is 28.1 Å². The number of thiazole rings is 1. The topological polar surface area (TPSA) is 72.2 Å². The third-order valence-corrected chi connectivity index (χ3v) is 5.22. The third-order valence-electron chi connectivity index (χ3n) is 3.40. The van der Waals surface area contributed by atoms with Crippen molar-refractivity contribution in [3.63, 3.8) is 0 Å². The Hall–Kier alpha value is -2.58. The highest BCUT2D eigenvalue weighted by atomic mass is 32.1. The van der Waals surface area contributed by atoms with Gasteiger partial charge in [-0.3, -0.25) is 4.79 Å². The second-order valence-electron chi connectivity index (χ2n) is 5.07. The Morgan fingerprint density at radius 1 is 1.17 bits per heavy atom. The number of anilines is 1. The van der Waals surface area contributed by atoms with E-state index in [0.717, 1.165) is 22.7 Å². The Balaban J connectivity index is 1.41. The number of nitrogens with zero attached hydrogens (tertiary/aromatic N) is 4. The molecule has 1 aromatic carbocycles. The maximum atomic E-state index is 11.7. The third kappa shape index (κ3) is 3.06. The van der Waals surface area contributed by atoms with E-state index in [0.29, 0.717) is 16.6 Å². The van der Waals surface area contributed by atoms with Gasteiger partial charge >= 0.3 is 0 Å². The Bertz CT molecular complexity index is 1020. The standard InChI is InChI=1S/C16H13N5OS2/c22-13-7-9-18-16-21(13)20-15(24-16)17-8-6-12-10-23-14(19-12)11-4-2-1-3-5-11/h1-5,7,9-10H,6,8H2,(H,17,20). The zero-order valence-corrected chi connectivity index (χ0v) is 14.2. The molecule has 6 nitrogen and oxygen atoms in total. The van der Waals surface area contributed by atoms with Gasteiger partial charge in [-0.05, 0) is 0 Å². The smallest absolute Gasteiger partial charge is 0.275 e. The molecule has 0 spiro atoms. The van der Waals surface area contributed by atoms with Crippen LogP contribution >= 0.6 is 22.7 Å². The van der Waals surface area contributed by atoms with Gasteiger partial charge in [0.15, 0.2) is 0 Å². The van der Waals surface area contributed by atoms with Crippen molar-refractivity contribution in [1.82, 2.24) is 19.6 Å². The van der Waals surface area contributed by atoms with Gasteiger partial charge < -0.3 is 5.32 Å². The minimum Gasteiger partial charge on any atom is -0.360 e. The van der Waals surface area contributed by atoms with E-state index in [1.54, 1.807) is 11.3 Å². The van der Waals surface area contributed by atoms with Crippen molar-refractivity contribution in [2.45, 2.75) is 6.42 Å². The fourth-order valence-electron chi connectivity index (χ4n) is 2.25. The maximum absolute atomic E-state index is 11.7. The summed E-state index contributed by atoms with van der Waals surface area (Å²) >= 11 is 3.01. The Morgan fingerprint density at radius 2 is 2.04 bits per heavy atom. The molecule has 0 radical (unpaired) electrons. The Labute approximate surface area is 145 Å². The molecule has 0 aliphatic carbocycles. The molecule has 0 bridgehead atoms. The molecule has 0 unspecified atom stereocenters. The number of benzene rings is 1. The number of rotatable bonds is 5. The van der Waals surface area contributed by atoms with Crippen LogP contribution in [0.15, 0.2) is 52.8 Å². The van der Waals surface area contributed by atoms with E-state index in [1.807, 2.05) is 18.2 Å². The highest BCUT2D eigenvalue weighted by Crippen LogP contribution is 2.23. The zero-order valence-electron chi connectivity index (χ0n) is 12.5. The molecule has 8 heteroatoms. The summed E-state index contributed by atoms with van der Waals surface area (Å²) in [7, 11) is 0. The minimum absolute atomic E-state index is 0.170. The lowest BCUT2D eigenvalue weighted by Crippen LogP contribution is -2.13. The number of nitrogens with one attached hydrogen (secondary N) is 1. The van der Waals surface area contributed by atoms with Gasteiger partial charge in [0, 0.05) is 36.2 Å². The molecule has 24 heavy (non-hydrogen) atoms. The zero-order chi connectivity index (χ0) is 16.4. The van der Waals surface area contributed by atoms with E-state index < -0.39 is 0 Å². The molecule has 3 aromatic heterocycles. The van der Waals surface area contributed by atoms with Crippen LogP contribution in [0.5, 0.6) is 0 Å². The second-order valence-corrected chi connectivity index (χ2v) is 6.89. The van der Waals surface area contributed by atoms with Crippen LogP contribution in [-0.4, -0.2) is 26.1 Å². The van der Waals surface area contributed by atoms with Crippen molar-refractivity contribution >= 4 is 32.8 Å². The molecular weight excluding hydrogens is 342 g/mol. The fraction of sp³-hybridized carbons (Fsp3) is 0.125. The summed E-state index contributed by atoms with van der Waals surface area (Å²) in [6, 6.07) is 11.6. The van der Waals surface area contributed by atoms with Crippen LogP contribution in [0.1, 0.15) is 5.69 Å². The van der Waals surface area contributed by atoms with Gasteiger partial charge in [-0.25, -0.2) is 9.97 Å². The maximum Gasteiger partial charge on any atom is 0.275 e. The van der Waals surface area contributed by atoms with Gasteiger partial charge in [-0.15, -0.1) is 16.4 Å². The Morgan fingerprint density at radius 3 is 2.88 bits per heavy atom. The first kappa shape index (κ1) is 15.0. The average molecular weight is 355 g/mol. The van der Waals surface area contributed by atoms with E-state index in [2.05, 4.69) is 37.9 Å². The van der Waals surface area contributed by atoms with Crippen LogP contribution in [0, 0.1) is 0 Å². The molecule has 0 fully saturated rings. The van der Waals surface area contributed by atoms with E-state index in [-0.39, 0.29) is 5.56 Å². The lowest BCUT2D eigenvalue weighted by atomic mass is 10.2. The van der Waals surface area contributed by atoms with Crippen molar-refractivity contribution in [2.75, 3.05) is 11.9 Å². The molecular formula is C16H13N5OS2. The van der Waals surface area contributed by atoms with Crippen molar-refractivity contribution in [3.8, 4) is 10.6 Å². The average Bonchev–Trinajstić information content (AvgIpc) is 3.23. The van der Waals surface area contributed by atoms with Crippen molar-refractivity contribution < 1.29 is 0 Å². The molecule has 3 heterocycles. The van der Waals surface area contributed by atoms with Crippen molar-refractivity contribution in [1.29, 1.82) is 0 Å². The fourth-order valence-corrected chi connectivity index (χ4v) is 3.91. The van der Waals surface area contributed by atoms with Gasteiger partial charge in [0.2, 0.25) is 10.1 Å². The molecule has 4 rings (SSSR count). The van der Waals surface area contributed by atoms with Gasteiger partial charge in [-0.1, -0.05) is 41.7 Å². The first-order valence-electron chi connectivity index (χ1n) is 7.38. The van der Waals surface area contributed by atoms with Gasteiger partial charge in [0.05, 0.1) is 5.69 Å². The summed E-state index contributed by atoms with van der Waals surface area (Å²) in [5.41, 5.74) is 2.01. The van der Waals surface area contributed by atoms with Gasteiger partial charge in [0.1, 0.15) is 5.01 Å². The van der Waals surface area contributed by atoms with E-state index in [9.17, 15) is 4.79 Å². The normalized spacial score (nSPS) is 11.0. The number of fused-ring (bicyclic) bond motifs is 1. The number of hydrogen-bond donors (Lipinski definition) is 1. The molecule has 4 aromatic rings. The summed E-state index contributed by atoms with van der Waals surface area (Å²) in [5, 5.41) is 11.3. The van der Waals surface area contributed by atoms with Crippen LogP contribution < -0.4 is 10.9 Å². The molecule has 0 aliphatic heterocycles. The second kappa shape index (κ2) is 6.50. The van der Waals surface area contributed by atoms with Crippen molar-refractivity contribution in [3.05, 3.63) is 64.0 Å². The lowest BCUT2D eigenvalue weighted by Gasteiger charge is -1.99. The summed E-state index contributed by atoms with van der Waals surface area (Å²) in [6.45, 7) is 0.701. The minimum atomic E-state index is -0.170. The summed E-state index contributed by atoms with van der Waals surface area (Å²) < 4.78 is 1.31. The lowest BCUT2D eigenvalue weighted by molar-refractivity contribution is 0.889. The SMILES string of the molecule is O=c1ccnc2sc(NCCc3csc(-c4ccccc4)n3)nn12. The predicted molar refractivity (Wildman–Crippen MR) is 96.9 cm³/mol. The largest absolute Gasteiger partial charge is 0.360 e. The monoisotopic (exact) mass is 355 g/mol. The molecule has 0 amide bonds. The molecule has 1 N–H and O–H groups in total. The summed E-state index contributed by atoms with van der Waals surface area (Å²) in [4.78, 5) is 21.0. The Kier molecular flexibility index (Phi) is 4.06. The molecule has 0 aliphatic rings.